The summed E-state index contributed by atoms with van der Waals surface area (Å²) in [6, 6.07) is 11.0. The number of aromatic nitrogens is 1. The lowest BCUT2D eigenvalue weighted by Gasteiger charge is -2.13. The van der Waals surface area contributed by atoms with Gasteiger partial charge in [0.15, 0.2) is 0 Å². The number of aliphatic hydroxyl groups is 1. The summed E-state index contributed by atoms with van der Waals surface area (Å²) in [4.78, 5) is 16.2. The van der Waals surface area contributed by atoms with Crippen LogP contribution in [-0.4, -0.2) is 10.1 Å². The van der Waals surface area contributed by atoms with Crippen LogP contribution in [0.15, 0.2) is 51.8 Å². The molecule has 21 heavy (non-hydrogen) atoms. The van der Waals surface area contributed by atoms with Crippen molar-refractivity contribution in [2.45, 2.75) is 20.0 Å². The van der Waals surface area contributed by atoms with Crippen LogP contribution in [0.25, 0.3) is 21.9 Å². The molecule has 0 radical (unpaired) electrons. The van der Waals surface area contributed by atoms with Crippen molar-refractivity contribution in [2.75, 3.05) is 0 Å². The number of hydrogen-bond acceptors (Lipinski definition) is 4. The van der Waals surface area contributed by atoms with E-state index in [0.29, 0.717) is 5.39 Å². The first-order valence-electron chi connectivity index (χ1n) is 6.75. The molecule has 1 N–H and O–H groups in total. The van der Waals surface area contributed by atoms with Crippen LogP contribution in [0.4, 0.5) is 0 Å². The molecular weight excluding hydrogens is 266 g/mol. The van der Waals surface area contributed by atoms with E-state index in [-0.39, 0.29) is 5.76 Å². The standard InChI is InChI=1S/C17H15NO3/c1-10-9-12(7-8-18-10)15-13-5-3-4-6-14(13)17(20)21-16(15)11(2)19/h3-9,11,19H,1-2H3. The van der Waals surface area contributed by atoms with Gasteiger partial charge in [-0.3, -0.25) is 4.98 Å². The summed E-state index contributed by atoms with van der Waals surface area (Å²) in [6.07, 6.45) is 0.835. The Hall–Kier alpha value is -2.46. The summed E-state index contributed by atoms with van der Waals surface area (Å²) >= 11 is 0. The lowest BCUT2D eigenvalue weighted by atomic mass is 9.97. The van der Waals surface area contributed by atoms with Crippen molar-refractivity contribution in [1.82, 2.24) is 4.98 Å². The lowest BCUT2D eigenvalue weighted by Crippen LogP contribution is -2.07. The average molecular weight is 281 g/mol. The second kappa shape index (κ2) is 5.14. The Kier molecular flexibility index (Phi) is 3.31. The highest BCUT2D eigenvalue weighted by atomic mass is 16.4. The molecule has 0 spiro atoms. The number of aryl methyl sites for hydroxylation is 1. The molecule has 2 heterocycles. The maximum absolute atomic E-state index is 12.1. The van der Waals surface area contributed by atoms with Gasteiger partial charge in [0, 0.05) is 22.8 Å². The van der Waals surface area contributed by atoms with E-state index >= 15 is 0 Å². The SMILES string of the molecule is Cc1cc(-c2c(C(C)O)oc(=O)c3ccccc23)ccn1. The van der Waals surface area contributed by atoms with Gasteiger partial charge in [0.2, 0.25) is 0 Å². The van der Waals surface area contributed by atoms with Gasteiger partial charge >= 0.3 is 5.63 Å². The van der Waals surface area contributed by atoms with Crippen LogP contribution in [0.2, 0.25) is 0 Å². The van der Waals surface area contributed by atoms with Gasteiger partial charge in [-0.15, -0.1) is 0 Å². The molecule has 1 atom stereocenters. The van der Waals surface area contributed by atoms with E-state index in [9.17, 15) is 9.90 Å². The molecule has 0 saturated carbocycles. The molecule has 1 unspecified atom stereocenters. The number of nitrogens with zero attached hydrogens (tertiary/aromatic N) is 1. The molecule has 0 aliphatic rings. The van der Waals surface area contributed by atoms with Gasteiger partial charge in [-0.05, 0) is 37.6 Å². The van der Waals surface area contributed by atoms with Crippen molar-refractivity contribution in [1.29, 1.82) is 0 Å². The Labute approximate surface area is 121 Å². The number of benzene rings is 1. The molecule has 0 aliphatic carbocycles. The molecule has 3 aromatic rings. The molecule has 4 heteroatoms. The molecule has 0 fully saturated rings. The van der Waals surface area contributed by atoms with E-state index in [0.717, 1.165) is 22.2 Å². The highest BCUT2D eigenvalue weighted by Gasteiger charge is 2.18. The van der Waals surface area contributed by atoms with E-state index in [1.165, 1.54) is 0 Å². The van der Waals surface area contributed by atoms with Crippen molar-refractivity contribution in [3.05, 3.63) is 64.5 Å². The molecule has 1 aromatic carbocycles. The van der Waals surface area contributed by atoms with Gasteiger partial charge in [0.1, 0.15) is 11.9 Å². The Bertz CT molecular complexity index is 865. The van der Waals surface area contributed by atoms with Crippen LogP contribution < -0.4 is 5.63 Å². The highest BCUT2D eigenvalue weighted by molar-refractivity contribution is 5.96. The fraction of sp³-hybridized carbons (Fsp3) is 0.176. The smallest absolute Gasteiger partial charge is 0.343 e. The normalized spacial score (nSPS) is 12.5. The maximum Gasteiger partial charge on any atom is 0.343 e. The molecule has 3 rings (SSSR count). The number of hydrogen-bond donors (Lipinski definition) is 1. The van der Waals surface area contributed by atoms with Gasteiger partial charge in [0.25, 0.3) is 0 Å². The second-order valence-electron chi connectivity index (χ2n) is 5.04. The predicted molar refractivity (Wildman–Crippen MR) is 81.1 cm³/mol. The number of fused-ring (bicyclic) bond motifs is 1. The zero-order chi connectivity index (χ0) is 15.0. The number of rotatable bonds is 2. The maximum atomic E-state index is 12.1. The van der Waals surface area contributed by atoms with Crippen molar-refractivity contribution in [2.24, 2.45) is 0 Å². The summed E-state index contributed by atoms with van der Waals surface area (Å²) in [5.74, 6) is 0.282. The minimum atomic E-state index is -0.870. The Morgan fingerprint density at radius 2 is 1.90 bits per heavy atom. The molecule has 0 aliphatic heterocycles. The lowest BCUT2D eigenvalue weighted by molar-refractivity contribution is 0.166. The number of aliphatic hydroxyl groups excluding tert-OH is 1. The molecule has 106 valence electrons. The van der Waals surface area contributed by atoms with Crippen LogP contribution in [0.3, 0.4) is 0 Å². The minimum absolute atomic E-state index is 0.282. The van der Waals surface area contributed by atoms with Crippen LogP contribution in [0, 0.1) is 6.92 Å². The third-order valence-electron chi connectivity index (χ3n) is 3.43. The second-order valence-corrected chi connectivity index (χ2v) is 5.04. The molecular formula is C17H15NO3. The van der Waals surface area contributed by atoms with Crippen LogP contribution in [0.1, 0.15) is 24.5 Å². The molecule has 0 bridgehead atoms. The third kappa shape index (κ3) is 2.34. The summed E-state index contributed by atoms with van der Waals surface area (Å²) in [5, 5.41) is 11.3. The Morgan fingerprint density at radius 3 is 2.57 bits per heavy atom. The largest absolute Gasteiger partial charge is 0.424 e. The monoisotopic (exact) mass is 281 g/mol. The van der Waals surface area contributed by atoms with Crippen molar-refractivity contribution in [3.63, 3.8) is 0 Å². The molecule has 0 saturated heterocycles. The van der Waals surface area contributed by atoms with Crippen LogP contribution in [0.5, 0.6) is 0 Å². The van der Waals surface area contributed by atoms with E-state index in [4.69, 9.17) is 4.42 Å². The highest BCUT2D eigenvalue weighted by Crippen LogP contribution is 2.33. The first-order valence-corrected chi connectivity index (χ1v) is 6.75. The molecule has 2 aromatic heterocycles. The topological polar surface area (TPSA) is 63.3 Å². The quantitative estimate of drug-likeness (QED) is 0.783. The molecule has 0 amide bonds. The molecule has 4 nitrogen and oxygen atoms in total. The summed E-state index contributed by atoms with van der Waals surface area (Å²) in [5.41, 5.74) is 2.04. The van der Waals surface area contributed by atoms with Gasteiger partial charge in [0.05, 0.1) is 5.39 Å². The van der Waals surface area contributed by atoms with Gasteiger partial charge in [-0.2, -0.15) is 0 Å². The van der Waals surface area contributed by atoms with Gasteiger partial charge < -0.3 is 9.52 Å². The Morgan fingerprint density at radius 1 is 1.19 bits per heavy atom. The average Bonchev–Trinajstić information content (AvgIpc) is 2.47. The van der Waals surface area contributed by atoms with E-state index < -0.39 is 11.7 Å². The summed E-state index contributed by atoms with van der Waals surface area (Å²) in [6.45, 7) is 3.48. The first kappa shape index (κ1) is 13.5. The fourth-order valence-electron chi connectivity index (χ4n) is 2.51. The summed E-state index contributed by atoms with van der Waals surface area (Å²) in [7, 11) is 0. The number of pyridine rings is 1. The minimum Gasteiger partial charge on any atom is -0.424 e. The van der Waals surface area contributed by atoms with E-state index in [1.807, 2.05) is 31.2 Å². The summed E-state index contributed by atoms with van der Waals surface area (Å²) < 4.78 is 5.35. The zero-order valence-corrected chi connectivity index (χ0v) is 11.8. The van der Waals surface area contributed by atoms with Crippen LogP contribution in [-0.2, 0) is 0 Å². The predicted octanol–water partition coefficient (Wildman–Crippen LogP) is 3.22. The van der Waals surface area contributed by atoms with Gasteiger partial charge in [-0.1, -0.05) is 18.2 Å². The van der Waals surface area contributed by atoms with Crippen molar-refractivity contribution < 1.29 is 9.52 Å². The van der Waals surface area contributed by atoms with Crippen molar-refractivity contribution in [3.8, 4) is 11.1 Å². The van der Waals surface area contributed by atoms with E-state index in [1.54, 1.807) is 25.3 Å². The first-order chi connectivity index (χ1) is 10.1. The van der Waals surface area contributed by atoms with E-state index in [2.05, 4.69) is 4.98 Å². The zero-order valence-electron chi connectivity index (χ0n) is 11.8. The van der Waals surface area contributed by atoms with Crippen molar-refractivity contribution >= 4 is 10.8 Å². The van der Waals surface area contributed by atoms with Gasteiger partial charge in [-0.25, -0.2) is 4.79 Å². The van der Waals surface area contributed by atoms with Crippen LogP contribution >= 0.6 is 0 Å². The fourth-order valence-corrected chi connectivity index (χ4v) is 2.51. The third-order valence-corrected chi connectivity index (χ3v) is 3.43. The Balaban J connectivity index is 2.46.